The van der Waals surface area contributed by atoms with Gasteiger partial charge in [-0.05, 0) is 49.7 Å². The number of nitrogens with zero attached hydrogens (tertiary/aromatic N) is 4. The Balaban J connectivity index is 2.08. The minimum absolute atomic E-state index is 0.150. The van der Waals surface area contributed by atoms with Crippen molar-refractivity contribution in [1.82, 2.24) is 25.2 Å². The lowest BCUT2D eigenvalue weighted by molar-refractivity contribution is 0.101. The van der Waals surface area contributed by atoms with Crippen molar-refractivity contribution in [2.45, 2.75) is 27.3 Å². The van der Waals surface area contributed by atoms with E-state index in [1.54, 1.807) is 0 Å². The van der Waals surface area contributed by atoms with E-state index in [1.807, 2.05) is 43.5 Å². The Hall–Kier alpha value is -2.90. The Labute approximate surface area is 132 Å². The van der Waals surface area contributed by atoms with Crippen LogP contribution in [0.1, 0.15) is 29.9 Å². The second-order valence-electron chi connectivity index (χ2n) is 5.02. The number of amides is 1. The average molecular weight is 314 g/mol. The van der Waals surface area contributed by atoms with Crippen LogP contribution in [0, 0.1) is 6.92 Å². The highest BCUT2D eigenvalue weighted by Crippen LogP contribution is 2.29. The highest BCUT2D eigenvalue weighted by Gasteiger charge is 2.21. The number of fused-ring (bicyclic) bond motifs is 1. The zero-order chi connectivity index (χ0) is 16.4. The molecule has 0 unspecified atom stereocenters. The maximum absolute atomic E-state index is 12.6. The van der Waals surface area contributed by atoms with Gasteiger partial charge in [-0.15, -0.1) is 5.10 Å². The van der Waals surface area contributed by atoms with Crippen molar-refractivity contribution in [3.63, 3.8) is 0 Å². The lowest BCUT2D eigenvalue weighted by Gasteiger charge is -2.08. The van der Waals surface area contributed by atoms with Crippen molar-refractivity contribution in [3.8, 4) is 5.75 Å². The standard InChI is InChI=1S/C15H18N6O2/c1-4-21-12-7-6-10(23-5-2)8-11(12)9(3)13(21)14(22)16-15-17-19-20-18-15/h6-8H,4-5H2,1-3H3,(H2,16,17,18,19,20,22). The van der Waals surface area contributed by atoms with Gasteiger partial charge < -0.3 is 9.30 Å². The fraction of sp³-hybridized carbons (Fsp3) is 0.333. The van der Waals surface area contributed by atoms with Crippen LogP contribution in [-0.4, -0.2) is 37.7 Å². The Bertz CT molecular complexity index is 837. The lowest BCUT2D eigenvalue weighted by Crippen LogP contribution is -2.18. The summed E-state index contributed by atoms with van der Waals surface area (Å²) >= 11 is 0. The van der Waals surface area contributed by atoms with Crippen molar-refractivity contribution < 1.29 is 9.53 Å². The molecule has 1 amide bonds. The van der Waals surface area contributed by atoms with Gasteiger partial charge in [0.05, 0.1) is 6.61 Å². The molecule has 0 bridgehead atoms. The number of aromatic amines is 1. The average Bonchev–Trinajstić information content (AvgIpc) is 3.14. The summed E-state index contributed by atoms with van der Waals surface area (Å²) in [5.74, 6) is 0.679. The largest absolute Gasteiger partial charge is 0.494 e. The topological polar surface area (TPSA) is 97.7 Å². The molecular formula is C15H18N6O2. The number of H-pyrrole nitrogens is 1. The fourth-order valence-electron chi connectivity index (χ4n) is 2.75. The number of tetrazole rings is 1. The van der Waals surface area contributed by atoms with Crippen LogP contribution in [-0.2, 0) is 6.54 Å². The predicted molar refractivity (Wildman–Crippen MR) is 85.6 cm³/mol. The van der Waals surface area contributed by atoms with Gasteiger partial charge in [-0.1, -0.05) is 5.10 Å². The zero-order valence-electron chi connectivity index (χ0n) is 13.3. The fourth-order valence-corrected chi connectivity index (χ4v) is 2.75. The number of ether oxygens (including phenoxy) is 1. The van der Waals surface area contributed by atoms with Gasteiger partial charge in [0.2, 0.25) is 0 Å². The van der Waals surface area contributed by atoms with E-state index in [0.29, 0.717) is 18.8 Å². The highest BCUT2D eigenvalue weighted by molar-refractivity contribution is 6.07. The van der Waals surface area contributed by atoms with E-state index in [4.69, 9.17) is 4.74 Å². The lowest BCUT2D eigenvalue weighted by atomic mass is 10.1. The molecule has 0 radical (unpaired) electrons. The number of carbonyl (C=O) groups is 1. The van der Waals surface area contributed by atoms with Crippen molar-refractivity contribution in [2.75, 3.05) is 11.9 Å². The van der Waals surface area contributed by atoms with Gasteiger partial charge in [-0.3, -0.25) is 10.1 Å². The second-order valence-corrected chi connectivity index (χ2v) is 5.02. The number of rotatable bonds is 5. The molecule has 3 rings (SSSR count). The van der Waals surface area contributed by atoms with E-state index in [0.717, 1.165) is 22.2 Å². The molecule has 0 fully saturated rings. The summed E-state index contributed by atoms with van der Waals surface area (Å²) in [6.07, 6.45) is 0. The quantitative estimate of drug-likeness (QED) is 0.752. The number of benzene rings is 1. The van der Waals surface area contributed by atoms with Crippen LogP contribution in [0.5, 0.6) is 5.75 Å². The molecule has 2 N–H and O–H groups in total. The summed E-state index contributed by atoms with van der Waals surface area (Å²) in [4.78, 5) is 12.6. The third-order valence-corrected chi connectivity index (χ3v) is 3.70. The number of hydrogen-bond donors (Lipinski definition) is 2. The summed E-state index contributed by atoms with van der Waals surface area (Å²) < 4.78 is 7.52. The van der Waals surface area contributed by atoms with Crippen molar-refractivity contribution in [2.24, 2.45) is 0 Å². The van der Waals surface area contributed by atoms with Gasteiger partial charge in [-0.2, -0.15) is 5.21 Å². The van der Waals surface area contributed by atoms with Crippen LogP contribution in [0.3, 0.4) is 0 Å². The highest BCUT2D eigenvalue weighted by atomic mass is 16.5. The molecular weight excluding hydrogens is 296 g/mol. The number of aryl methyl sites for hydroxylation is 2. The van der Waals surface area contributed by atoms with Gasteiger partial charge in [0, 0.05) is 17.4 Å². The Morgan fingerprint density at radius 2 is 2.22 bits per heavy atom. The molecule has 23 heavy (non-hydrogen) atoms. The molecule has 0 spiro atoms. The second kappa shape index (κ2) is 6.07. The van der Waals surface area contributed by atoms with Crippen LogP contribution < -0.4 is 10.1 Å². The molecule has 3 aromatic rings. The van der Waals surface area contributed by atoms with E-state index in [-0.39, 0.29) is 11.9 Å². The summed E-state index contributed by atoms with van der Waals surface area (Å²) in [6.45, 7) is 7.14. The maximum Gasteiger partial charge on any atom is 0.275 e. The number of aromatic nitrogens is 5. The normalized spacial score (nSPS) is 10.9. The molecule has 0 aliphatic heterocycles. The summed E-state index contributed by atoms with van der Waals surface area (Å²) in [5, 5.41) is 16.9. The first kappa shape index (κ1) is 15.0. The van der Waals surface area contributed by atoms with E-state index < -0.39 is 0 Å². The minimum Gasteiger partial charge on any atom is -0.494 e. The third kappa shape index (κ3) is 2.63. The van der Waals surface area contributed by atoms with Gasteiger partial charge in [0.1, 0.15) is 11.4 Å². The third-order valence-electron chi connectivity index (χ3n) is 3.70. The van der Waals surface area contributed by atoms with Gasteiger partial charge >= 0.3 is 0 Å². The van der Waals surface area contributed by atoms with Crippen LogP contribution in [0.4, 0.5) is 5.95 Å². The molecule has 0 atom stereocenters. The van der Waals surface area contributed by atoms with Crippen LogP contribution in [0.2, 0.25) is 0 Å². The predicted octanol–water partition coefficient (Wildman–Crippen LogP) is 2.13. The minimum atomic E-state index is -0.264. The monoisotopic (exact) mass is 314 g/mol. The van der Waals surface area contributed by atoms with Gasteiger partial charge in [0.15, 0.2) is 0 Å². The summed E-state index contributed by atoms with van der Waals surface area (Å²) in [6, 6.07) is 5.85. The SMILES string of the molecule is CCOc1ccc2c(c1)c(C)c(C(=O)Nc1nn[nH]n1)n2CC. The number of hydrogen-bond acceptors (Lipinski definition) is 5. The molecule has 0 aliphatic rings. The molecule has 0 saturated carbocycles. The molecule has 2 heterocycles. The first-order valence-electron chi connectivity index (χ1n) is 7.46. The number of anilines is 1. The molecule has 8 nitrogen and oxygen atoms in total. The van der Waals surface area contributed by atoms with Crippen LogP contribution >= 0.6 is 0 Å². The van der Waals surface area contributed by atoms with Crippen LogP contribution in [0.15, 0.2) is 18.2 Å². The number of nitrogens with one attached hydrogen (secondary N) is 2. The van der Waals surface area contributed by atoms with E-state index in [2.05, 4.69) is 25.9 Å². The molecule has 8 heteroatoms. The smallest absolute Gasteiger partial charge is 0.275 e. The summed E-state index contributed by atoms with van der Waals surface area (Å²) in [5.41, 5.74) is 2.47. The number of carbonyl (C=O) groups excluding carboxylic acids is 1. The zero-order valence-corrected chi connectivity index (χ0v) is 13.3. The van der Waals surface area contributed by atoms with Gasteiger partial charge in [0.25, 0.3) is 11.9 Å². The first-order valence-corrected chi connectivity index (χ1v) is 7.46. The van der Waals surface area contributed by atoms with Crippen molar-refractivity contribution in [3.05, 3.63) is 29.5 Å². The van der Waals surface area contributed by atoms with Crippen LogP contribution in [0.25, 0.3) is 10.9 Å². The van der Waals surface area contributed by atoms with Gasteiger partial charge in [-0.25, -0.2) is 0 Å². The molecule has 0 aliphatic carbocycles. The first-order chi connectivity index (χ1) is 11.2. The molecule has 2 aromatic heterocycles. The van der Waals surface area contributed by atoms with Crippen molar-refractivity contribution in [1.29, 1.82) is 0 Å². The molecule has 1 aromatic carbocycles. The van der Waals surface area contributed by atoms with Crippen molar-refractivity contribution >= 4 is 22.8 Å². The molecule has 120 valence electrons. The van der Waals surface area contributed by atoms with E-state index in [9.17, 15) is 4.79 Å². The summed E-state index contributed by atoms with van der Waals surface area (Å²) in [7, 11) is 0. The molecule has 0 saturated heterocycles. The van der Waals surface area contributed by atoms with E-state index in [1.165, 1.54) is 0 Å². The Kier molecular flexibility index (Phi) is 3.96. The Morgan fingerprint density at radius 1 is 1.39 bits per heavy atom. The van der Waals surface area contributed by atoms with E-state index >= 15 is 0 Å². The Morgan fingerprint density at radius 3 is 2.87 bits per heavy atom. The maximum atomic E-state index is 12.6.